The van der Waals surface area contributed by atoms with Gasteiger partial charge in [-0.15, -0.1) is 11.3 Å². The molecule has 0 saturated carbocycles. The van der Waals surface area contributed by atoms with Gasteiger partial charge in [0.1, 0.15) is 0 Å². The maximum Gasteiger partial charge on any atom is 0.0412 e. The Kier molecular flexibility index (Phi) is 4.37. The summed E-state index contributed by atoms with van der Waals surface area (Å²) in [6, 6.07) is 12.2. The van der Waals surface area contributed by atoms with Crippen molar-refractivity contribution in [3.05, 3.63) is 52.4 Å². The quantitative estimate of drug-likeness (QED) is 0.868. The molecule has 2 N–H and O–H groups in total. The van der Waals surface area contributed by atoms with Crippen molar-refractivity contribution in [3.8, 4) is 10.4 Å². The Morgan fingerprint density at radius 3 is 2.88 bits per heavy atom. The third-order valence-corrected chi connectivity index (χ3v) is 3.69. The van der Waals surface area contributed by atoms with Gasteiger partial charge in [-0.3, -0.25) is 0 Å². The highest BCUT2D eigenvalue weighted by molar-refractivity contribution is 7.16. The Labute approximate surface area is 111 Å². The molecule has 1 heterocycles. The minimum atomic E-state index is 0.697. The van der Waals surface area contributed by atoms with E-state index in [1.165, 1.54) is 15.3 Å². The van der Waals surface area contributed by atoms with Crippen molar-refractivity contribution in [1.82, 2.24) is 0 Å². The molecule has 2 aromatic rings. The Balaban J connectivity index is 2.18. The number of thiophene rings is 1. The van der Waals surface area contributed by atoms with Gasteiger partial charge in [0, 0.05) is 14.8 Å². The van der Waals surface area contributed by atoms with Crippen molar-refractivity contribution in [2.45, 2.75) is 6.42 Å². The standard InChI is InChI=1S/C14H14ClNS/c15-12-5-3-4-11(10-12)14-8-7-13(17-14)6-1-2-9-16/h1,3-8,10H,2,9,16H2. The van der Waals surface area contributed by atoms with E-state index in [0.29, 0.717) is 6.54 Å². The number of rotatable bonds is 4. The minimum Gasteiger partial charge on any atom is -0.330 e. The lowest BCUT2D eigenvalue weighted by Gasteiger charge is -1.96. The van der Waals surface area contributed by atoms with E-state index in [1.807, 2.05) is 18.2 Å². The summed E-state index contributed by atoms with van der Waals surface area (Å²) < 4.78 is 0. The molecule has 0 aliphatic rings. The number of hydrogen-bond acceptors (Lipinski definition) is 2. The monoisotopic (exact) mass is 263 g/mol. The van der Waals surface area contributed by atoms with Gasteiger partial charge in [-0.25, -0.2) is 0 Å². The number of nitrogens with two attached hydrogens (primary N) is 1. The first-order chi connectivity index (χ1) is 8.29. The molecular formula is C14H14ClNS. The van der Waals surface area contributed by atoms with Crippen LogP contribution in [0.2, 0.25) is 5.02 Å². The van der Waals surface area contributed by atoms with E-state index in [1.54, 1.807) is 11.3 Å². The number of benzene rings is 1. The Hall–Kier alpha value is -1.09. The Morgan fingerprint density at radius 2 is 2.12 bits per heavy atom. The van der Waals surface area contributed by atoms with Crippen LogP contribution in [0.5, 0.6) is 0 Å². The molecular weight excluding hydrogens is 250 g/mol. The summed E-state index contributed by atoms with van der Waals surface area (Å²) in [5.74, 6) is 0. The van der Waals surface area contributed by atoms with Gasteiger partial charge in [-0.2, -0.15) is 0 Å². The van der Waals surface area contributed by atoms with Crippen LogP contribution in [0.3, 0.4) is 0 Å². The second kappa shape index (κ2) is 6.01. The average Bonchev–Trinajstić information content (AvgIpc) is 2.78. The maximum atomic E-state index is 5.98. The molecule has 1 aromatic carbocycles. The van der Waals surface area contributed by atoms with Gasteiger partial charge in [0.25, 0.3) is 0 Å². The van der Waals surface area contributed by atoms with E-state index in [9.17, 15) is 0 Å². The van der Waals surface area contributed by atoms with E-state index in [-0.39, 0.29) is 0 Å². The topological polar surface area (TPSA) is 26.0 Å². The average molecular weight is 264 g/mol. The highest BCUT2D eigenvalue weighted by Gasteiger charge is 2.01. The van der Waals surface area contributed by atoms with Gasteiger partial charge in [-0.1, -0.05) is 29.8 Å². The predicted octanol–water partition coefficient (Wildman–Crippen LogP) is 4.43. The molecule has 1 aromatic heterocycles. The van der Waals surface area contributed by atoms with Crippen molar-refractivity contribution >= 4 is 29.0 Å². The molecule has 88 valence electrons. The molecule has 0 spiro atoms. The highest BCUT2D eigenvalue weighted by atomic mass is 35.5. The maximum absolute atomic E-state index is 5.98. The van der Waals surface area contributed by atoms with E-state index < -0.39 is 0 Å². The molecule has 1 nitrogen and oxygen atoms in total. The summed E-state index contributed by atoms with van der Waals surface area (Å²) in [5, 5.41) is 0.774. The molecule has 3 heteroatoms. The Morgan fingerprint density at radius 1 is 1.24 bits per heavy atom. The summed E-state index contributed by atoms with van der Waals surface area (Å²) in [7, 11) is 0. The molecule has 0 unspecified atom stereocenters. The van der Waals surface area contributed by atoms with Crippen LogP contribution < -0.4 is 5.73 Å². The lowest BCUT2D eigenvalue weighted by atomic mass is 10.2. The lowest BCUT2D eigenvalue weighted by Crippen LogP contribution is -1.94. The molecule has 0 bridgehead atoms. The summed E-state index contributed by atoms with van der Waals surface area (Å²) in [6.07, 6.45) is 5.14. The SMILES string of the molecule is NCCC=Cc1ccc(-c2cccc(Cl)c2)s1. The van der Waals surface area contributed by atoms with Gasteiger partial charge in [-0.05, 0) is 48.9 Å². The van der Waals surface area contributed by atoms with Crippen LogP contribution in [-0.4, -0.2) is 6.54 Å². The zero-order chi connectivity index (χ0) is 12.1. The predicted molar refractivity (Wildman–Crippen MR) is 77.5 cm³/mol. The zero-order valence-corrected chi connectivity index (χ0v) is 11.0. The minimum absolute atomic E-state index is 0.697. The fraction of sp³-hybridized carbons (Fsp3) is 0.143. The zero-order valence-electron chi connectivity index (χ0n) is 9.40. The first-order valence-electron chi connectivity index (χ1n) is 5.52. The van der Waals surface area contributed by atoms with Gasteiger partial charge in [0.15, 0.2) is 0 Å². The van der Waals surface area contributed by atoms with Crippen LogP contribution in [0.1, 0.15) is 11.3 Å². The Bertz CT molecular complexity index is 516. The van der Waals surface area contributed by atoms with Crippen LogP contribution >= 0.6 is 22.9 Å². The first kappa shape index (κ1) is 12.4. The van der Waals surface area contributed by atoms with Gasteiger partial charge >= 0.3 is 0 Å². The third kappa shape index (κ3) is 3.43. The van der Waals surface area contributed by atoms with E-state index in [2.05, 4.69) is 30.4 Å². The normalized spacial score (nSPS) is 11.2. The fourth-order valence-corrected chi connectivity index (χ4v) is 2.66. The van der Waals surface area contributed by atoms with Crippen LogP contribution in [-0.2, 0) is 0 Å². The molecule has 0 saturated heterocycles. The molecule has 0 aliphatic carbocycles. The van der Waals surface area contributed by atoms with Crippen LogP contribution in [0.25, 0.3) is 16.5 Å². The second-order valence-electron chi connectivity index (χ2n) is 3.69. The summed E-state index contributed by atoms with van der Waals surface area (Å²) in [4.78, 5) is 2.48. The summed E-state index contributed by atoms with van der Waals surface area (Å²) in [5.41, 5.74) is 6.61. The largest absolute Gasteiger partial charge is 0.330 e. The van der Waals surface area contributed by atoms with E-state index >= 15 is 0 Å². The third-order valence-electron chi connectivity index (χ3n) is 2.35. The number of hydrogen-bond donors (Lipinski definition) is 1. The second-order valence-corrected chi connectivity index (χ2v) is 5.24. The van der Waals surface area contributed by atoms with Crippen molar-refractivity contribution in [3.63, 3.8) is 0 Å². The van der Waals surface area contributed by atoms with Crippen molar-refractivity contribution in [2.24, 2.45) is 5.73 Å². The van der Waals surface area contributed by atoms with Crippen LogP contribution in [0.15, 0.2) is 42.5 Å². The van der Waals surface area contributed by atoms with Crippen molar-refractivity contribution < 1.29 is 0 Å². The molecule has 0 fully saturated rings. The summed E-state index contributed by atoms with van der Waals surface area (Å²) in [6.45, 7) is 0.697. The molecule has 0 radical (unpaired) electrons. The van der Waals surface area contributed by atoms with Crippen LogP contribution in [0.4, 0.5) is 0 Å². The molecule has 0 amide bonds. The van der Waals surface area contributed by atoms with E-state index in [0.717, 1.165) is 11.4 Å². The first-order valence-corrected chi connectivity index (χ1v) is 6.71. The van der Waals surface area contributed by atoms with Gasteiger partial charge in [0.2, 0.25) is 0 Å². The van der Waals surface area contributed by atoms with Crippen molar-refractivity contribution in [2.75, 3.05) is 6.54 Å². The highest BCUT2D eigenvalue weighted by Crippen LogP contribution is 2.30. The fourth-order valence-electron chi connectivity index (χ4n) is 1.54. The smallest absolute Gasteiger partial charge is 0.0412 e. The molecule has 0 atom stereocenters. The van der Waals surface area contributed by atoms with Gasteiger partial charge in [0.05, 0.1) is 0 Å². The lowest BCUT2D eigenvalue weighted by molar-refractivity contribution is 1.01. The van der Waals surface area contributed by atoms with Crippen molar-refractivity contribution in [1.29, 1.82) is 0 Å². The number of halogens is 1. The molecule has 0 aliphatic heterocycles. The molecule has 17 heavy (non-hydrogen) atoms. The van der Waals surface area contributed by atoms with Crippen LogP contribution in [0, 0.1) is 0 Å². The van der Waals surface area contributed by atoms with E-state index in [4.69, 9.17) is 17.3 Å². The summed E-state index contributed by atoms with van der Waals surface area (Å²) >= 11 is 7.74. The van der Waals surface area contributed by atoms with Gasteiger partial charge < -0.3 is 5.73 Å². The molecule has 2 rings (SSSR count).